The summed E-state index contributed by atoms with van der Waals surface area (Å²) in [6.07, 6.45) is 0.905. The highest BCUT2D eigenvalue weighted by Gasteiger charge is 2.10. The van der Waals surface area contributed by atoms with Crippen LogP contribution in [-0.2, 0) is 6.42 Å². The molecule has 7 heteroatoms. The zero-order chi connectivity index (χ0) is 14.8. The maximum absolute atomic E-state index is 4.53. The first kappa shape index (κ1) is 14.2. The standard InChI is InChI=1S/C14H17N5S2/c1-8-7-20-11(17-8)4-5-16-12-10-6-9(2)21-13(10)19-14(15-3)18-12/h6-7H,4-5H2,1-3H3,(H2,15,16,18,19). The SMILES string of the molecule is CNc1nc(NCCc2nc(C)cs2)c2cc(C)sc2n1. The predicted molar refractivity (Wildman–Crippen MR) is 90.7 cm³/mol. The molecule has 110 valence electrons. The van der Waals surface area contributed by atoms with E-state index < -0.39 is 0 Å². The summed E-state index contributed by atoms with van der Waals surface area (Å²) in [7, 11) is 1.84. The highest BCUT2D eigenvalue weighted by molar-refractivity contribution is 7.18. The van der Waals surface area contributed by atoms with Crippen molar-refractivity contribution < 1.29 is 0 Å². The molecule has 0 aliphatic carbocycles. The normalized spacial score (nSPS) is 11.0. The molecule has 0 aromatic carbocycles. The summed E-state index contributed by atoms with van der Waals surface area (Å²) in [5.41, 5.74) is 1.09. The van der Waals surface area contributed by atoms with Crippen molar-refractivity contribution in [2.45, 2.75) is 20.3 Å². The van der Waals surface area contributed by atoms with E-state index >= 15 is 0 Å². The number of rotatable bonds is 5. The molecule has 0 bridgehead atoms. The Labute approximate surface area is 131 Å². The van der Waals surface area contributed by atoms with Crippen molar-refractivity contribution in [1.82, 2.24) is 15.0 Å². The van der Waals surface area contributed by atoms with Gasteiger partial charge in [-0.25, -0.2) is 9.97 Å². The molecule has 0 aliphatic heterocycles. The highest BCUT2D eigenvalue weighted by atomic mass is 32.1. The van der Waals surface area contributed by atoms with Crippen molar-refractivity contribution in [3.63, 3.8) is 0 Å². The predicted octanol–water partition coefficient (Wildman–Crippen LogP) is 3.46. The first-order valence-electron chi connectivity index (χ1n) is 6.76. The summed E-state index contributed by atoms with van der Waals surface area (Å²) in [6, 6.07) is 2.13. The Kier molecular flexibility index (Phi) is 4.03. The van der Waals surface area contributed by atoms with Gasteiger partial charge in [-0.2, -0.15) is 4.98 Å². The lowest BCUT2D eigenvalue weighted by Gasteiger charge is -2.07. The quantitative estimate of drug-likeness (QED) is 0.754. The lowest BCUT2D eigenvalue weighted by Crippen LogP contribution is -2.08. The van der Waals surface area contributed by atoms with Crippen LogP contribution in [0, 0.1) is 13.8 Å². The van der Waals surface area contributed by atoms with E-state index in [1.54, 1.807) is 22.7 Å². The Morgan fingerprint density at radius 2 is 2.05 bits per heavy atom. The molecule has 2 N–H and O–H groups in total. The van der Waals surface area contributed by atoms with E-state index in [1.807, 2.05) is 14.0 Å². The fraction of sp³-hybridized carbons (Fsp3) is 0.357. The van der Waals surface area contributed by atoms with Crippen LogP contribution >= 0.6 is 22.7 Å². The van der Waals surface area contributed by atoms with Crippen molar-refractivity contribution in [2.24, 2.45) is 0 Å². The molecule has 0 saturated heterocycles. The van der Waals surface area contributed by atoms with Gasteiger partial charge in [0.1, 0.15) is 10.6 Å². The molecule has 0 aliphatic rings. The zero-order valence-electron chi connectivity index (χ0n) is 12.2. The summed E-state index contributed by atoms with van der Waals surface area (Å²) in [6.45, 7) is 4.93. The average Bonchev–Trinajstić information content (AvgIpc) is 3.03. The lowest BCUT2D eigenvalue weighted by atomic mass is 10.3. The van der Waals surface area contributed by atoms with Gasteiger partial charge in [0, 0.05) is 36.0 Å². The second-order valence-corrected chi connectivity index (χ2v) is 6.96. The summed E-state index contributed by atoms with van der Waals surface area (Å²) < 4.78 is 0. The van der Waals surface area contributed by atoms with Gasteiger partial charge < -0.3 is 10.6 Å². The summed E-state index contributed by atoms with van der Waals surface area (Å²) in [5, 5.41) is 10.8. The van der Waals surface area contributed by atoms with Gasteiger partial charge >= 0.3 is 0 Å². The summed E-state index contributed by atoms with van der Waals surface area (Å²) in [5.74, 6) is 1.54. The van der Waals surface area contributed by atoms with E-state index in [0.717, 1.165) is 39.7 Å². The Morgan fingerprint density at radius 1 is 1.19 bits per heavy atom. The molecule has 0 fully saturated rings. The molecule has 0 unspecified atom stereocenters. The molecule has 5 nitrogen and oxygen atoms in total. The number of nitrogens with one attached hydrogen (secondary N) is 2. The number of nitrogens with zero attached hydrogens (tertiary/aromatic N) is 3. The molecule has 3 rings (SSSR count). The topological polar surface area (TPSA) is 62.7 Å². The number of thiophene rings is 1. The first-order chi connectivity index (χ1) is 10.2. The molecule has 0 atom stereocenters. The average molecular weight is 319 g/mol. The van der Waals surface area contributed by atoms with Gasteiger partial charge in [0.2, 0.25) is 5.95 Å². The van der Waals surface area contributed by atoms with Crippen LogP contribution in [0.4, 0.5) is 11.8 Å². The number of thiazole rings is 1. The van der Waals surface area contributed by atoms with E-state index in [4.69, 9.17) is 0 Å². The smallest absolute Gasteiger partial charge is 0.225 e. The van der Waals surface area contributed by atoms with E-state index in [9.17, 15) is 0 Å². The van der Waals surface area contributed by atoms with Crippen molar-refractivity contribution in [3.05, 3.63) is 27.0 Å². The Hall–Kier alpha value is -1.73. The van der Waals surface area contributed by atoms with Crippen LogP contribution in [0.25, 0.3) is 10.2 Å². The van der Waals surface area contributed by atoms with Crippen molar-refractivity contribution >= 4 is 44.7 Å². The van der Waals surface area contributed by atoms with Crippen LogP contribution in [0.1, 0.15) is 15.6 Å². The van der Waals surface area contributed by atoms with Crippen molar-refractivity contribution in [1.29, 1.82) is 0 Å². The molecule has 0 saturated carbocycles. The Bertz CT molecular complexity index is 762. The fourth-order valence-corrected chi connectivity index (χ4v) is 3.75. The largest absolute Gasteiger partial charge is 0.369 e. The van der Waals surface area contributed by atoms with E-state index in [0.29, 0.717) is 5.95 Å². The molecule has 3 aromatic heterocycles. The molecule has 21 heavy (non-hydrogen) atoms. The van der Waals surface area contributed by atoms with Gasteiger partial charge in [-0.05, 0) is 19.9 Å². The number of anilines is 2. The maximum Gasteiger partial charge on any atom is 0.225 e. The second kappa shape index (κ2) is 5.95. The van der Waals surface area contributed by atoms with E-state index in [-0.39, 0.29) is 0 Å². The minimum absolute atomic E-state index is 0.650. The maximum atomic E-state index is 4.53. The van der Waals surface area contributed by atoms with E-state index in [1.165, 1.54) is 4.88 Å². The van der Waals surface area contributed by atoms with Gasteiger partial charge in [0.05, 0.1) is 10.4 Å². The van der Waals surface area contributed by atoms with Crippen LogP contribution in [0.3, 0.4) is 0 Å². The molecular weight excluding hydrogens is 302 g/mol. The van der Waals surface area contributed by atoms with Gasteiger partial charge in [-0.1, -0.05) is 0 Å². The van der Waals surface area contributed by atoms with Crippen molar-refractivity contribution in [2.75, 3.05) is 24.2 Å². The third-order valence-electron chi connectivity index (χ3n) is 3.04. The molecule has 0 spiro atoms. The van der Waals surface area contributed by atoms with Crippen LogP contribution in [0.15, 0.2) is 11.4 Å². The van der Waals surface area contributed by atoms with Crippen LogP contribution < -0.4 is 10.6 Å². The van der Waals surface area contributed by atoms with Gasteiger partial charge in [-0.3, -0.25) is 0 Å². The third kappa shape index (κ3) is 3.14. The van der Waals surface area contributed by atoms with Crippen LogP contribution in [-0.4, -0.2) is 28.5 Å². The molecule has 0 radical (unpaired) electrons. The fourth-order valence-electron chi connectivity index (χ4n) is 2.09. The van der Waals surface area contributed by atoms with Gasteiger partial charge in [0.25, 0.3) is 0 Å². The molecule has 0 amide bonds. The number of hydrogen-bond acceptors (Lipinski definition) is 7. The Morgan fingerprint density at radius 3 is 2.76 bits per heavy atom. The highest BCUT2D eigenvalue weighted by Crippen LogP contribution is 2.29. The molecule has 3 heterocycles. The number of aromatic nitrogens is 3. The van der Waals surface area contributed by atoms with Crippen molar-refractivity contribution in [3.8, 4) is 0 Å². The lowest BCUT2D eigenvalue weighted by molar-refractivity contribution is 0.978. The monoisotopic (exact) mass is 319 g/mol. The Balaban J connectivity index is 1.78. The first-order valence-corrected chi connectivity index (χ1v) is 8.46. The van der Waals surface area contributed by atoms with Gasteiger partial charge in [-0.15, -0.1) is 22.7 Å². The van der Waals surface area contributed by atoms with Crippen LogP contribution in [0.2, 0.25) is 0 Å². The second-order valence-electron chi connectivity index (χ2n) is 4.78. The number of hydrogen-bond donors (Lipinski definition) is 2. The minimum Gasteiger partial charge on any atom is -0.369 e. The minimum atomic E-state index is 0.650. The summed E-state index contributed by atoms with van der Waals surface area (Å²) >= 11 is 3.39. The van der Waals surface area contributed by atoms with E-state index in [2.05, 4.69) is 44.0 Å². The zero-order valence-corrected chi connectivity index (χ0v) is 13.9. The van der Waals surface area contributed by atoms with Crippen LogP contribution in [0.5, 0.6) is 0 Å². The van der Waals surface area contributed by atoms with Gasteiger partial charge in [0.15, 0.2) is 0 Å². The molecule has 3 aromatic rings. The third-order valence-corrected chi connectivity index (χ3v) is 5.01. The number of aryl methyl sites for hydroxylation is 2. The molecular formula is C14H17N5S2. The summed E-state index contributed by atoms with van der Waals surface area (Å²) in [4.78, 5) is 15.7. The number of fused-ring (bicyclic) bond motifs is 1.